The molecule has 0 saturated carbocycles. The molecule has 0 aromatic heterocycles. The van der Waals surface area contributed by atoms with E-state index in [1.165, 1.54) is 0 Å². The highest BCUT2D eigenvalue weighted by atomic mass is 35.5. The van der Waals surface area contributed by atoms with E-state index in [1.54, 1.807) is 13.0 Å². The first kappa shape index (κ1) is 13.7. The van der Waals surface area contributed by atoms with Crippen LogP contribution in [0.3, 0.4) is 0 Å². The second-order valence-electron chi connectivity index (χ2n) is 4.74. The predicted octanol–water partition coefficient (Wildman–Crippen LogP) is 2.32. The molecule has 100 valence electrons. The van der Waals surface area contributed by atoms with Crippen LogP contribution in [0, 0.1) is 11.3 Å². The van der Waals surface area contributed by atoms with Crippen molar-refractivity contribution in [2.45, 2.75) is 25.8 Å². The SMILES string of the molecule is CC(=O)NC1CCN(c2ccc(C#N)c(Cl)c2)CC1. The van der Waals surface area contributed by atoms with Crippen LogP contribution >= 0.6 is 11.6 Å². The van der Waals surface area contributed by atoms with Crippen molar-refractivity contribution in [3.05, 3.63) is 28.8 Å². The number of nitriles is 1. The van der Waals surface area contributed by atoms with Crippen molar-refractivity contribution in [1.29, 1.82) is 5.26 Å². The van der Waals surface area contributed by atoms with Crippen molar-refractivity contribution in [3.8, 4) is 6.07 Å². The van der Waals surface area contributed by atoms with E-state index >= 15 is 0 Å². The fraction of sp³-hybridized carbons (Fsp3) is 0.429. The molecule has 1 aliphatic rings. The van der Waals surface area contributed by atoms with Crippen LogP contribution in [0.5, 0.6) is 0 Å². The van der Waals surface area contributed by atoms with Crippen LogP contribution in [-0.2, 0) is 4.79 Å². The van der Waals surface area contributed by atoms with E-state index in [2.05, 4.69) is 16.3 Å². The van der Waals surface area contributed by atoms with Crippen molar-refractivity contribution in [3.63, 3.8) is 0 Å². The average Bonchev–Trinajstić information content (AvgIpc) is 2.39. The number of nitrogens with zero attached hydrogens (tertiary/aromatic N) is 2. The molecule has 0 radical (unpaired) electrons. The smallest absolute Gasteiger partial charge is 0.217 e. The first-order valence-corrected chi connectivity index (χ1v) is 6.69. The third-order valence-corrected chi connectivity index (χ3v) is 3.65. The molecule has 1 fully saturated rings. The molecule has 1 heterocycles. The van der Waals surface area contributed by atoms with Gasteiger partial charge >= 0.3 is 0 Å². The number of benzene rings is 1. The van der Waals surface area contributed by atoms with Gasteiger partial charge in [-0.1, -0.05) is 11.6 Å². The number of rotatable bonds is 2. The Labute approximate surface area is 118 Å². The Balaban J connectivity index is 2.00. The maximum absolute atomic E-state index is 11.0. The first-order chi connectivity index (χ1) is 9.10. The van der Waals surface area contributed by atoms with Gasteiger partial charge in [0.25, 0.3) is 0 Å². The number of hydrogen-bond donors (Lipinski definition) is 1. The summed E-state index contributed by atoms with van der Waals surface area (Å²) in [6.45, 7) is 3.31. The molecule has 1 amide bonds. The fourth-order valence-corrected chi connectivity index (χ4v) is 2.58. The second kappa shape index (κ2) is 5.94. The quantitative estimate of drug-likeness (QED) is 0.903. The third kappa shape index (κ3) is 3.39. The highest BCUT2D eigenvalue weighted by Gasteiger charge is 2.20. The molecule has 0 spiro atoms. The largest absolute Gasteiger partial charge is 0.371 e. The molecule has 1 aromatic rings. The summed E-state index contributed by atoms with van der Waals surface area (Å²) >= 11 is 6.04. The zero-order chi connectivity index (χ0) is 13.8. The third-order valence-electron chi connectivity index (χ3n) is 3.34. The summed E-state index contributed by atoms with van der Waals surface area (Å²) in [6.07, 6.45) is 1.86. The molecular formula is C14H16ClN3O. The number of halogens is 1. The molecule has 0 atom stereocenters. The van der Waals surface area contributed by atoms with E-state index in [9.17, 15) is 4.79 Å². The van der Waals surface area contributed by atoms with Gasteiger partial charge in [0.1, 0.15) is 6.07 Å². The lowest BCUT2D eigenvalue weighted by molar-refractivity contribution is -0.119. The molecule has 19 heavy (non-hydrogen) atoms. The van der Waals surface area contributed by atoms with E-state index < -0.39 is 0 Å². The highest BCUT2D eigenvalue weighted by molar-refractivity contribution is 6.32. The van der Waals surface area contributed by atoms with E-state index in [-0.39, 0.29) is 11.9 Å². The zero-order valence-electron chi connectivity index (χ0n) is 10.8. The Hall–Kier alpha value is -1.73. The molecule has 1 N–H and O–H groups in total. The lowest BCUT2D eigenvalue weighted by Crippen LogP contribution is -2.44. The summed E-state index contributed by atoms with van der Waals surface area (Å²) in [6, 6.07) is 7.82. The Morgan fingerprint density at radius 1 is 1.47 bits per heavy atom. The molecule has 4 nitrogen and oxygen atoms in total. The maximum atomic E-state index is 11.0. The number of carbonyl (C=O) groups is 1. The van der Waals surface area contributed by atoms with Gasteiger partial charge < -0.3 is 10.2 Å². The molecule has 0 bridgehead atoms. The minimum atomic E-state index is 0.0277. The van der Waals surface area contributed by atoms with E-state index in [0.717, 1.165) is 31.6 Å². The zero-order valence-corrected chi connectivity index (χ0v) is 11.6. The summed E-state index contributed by atoms with van der Waals surface area (Å²) in [5.41, 5.74) is 1.53. The van der Waals surface area contributed by atoms with Crippen LogP contribution in [0.1, 0.15) is 25.3 Å². The van der Waals surface area contributed by atoms with Crippen molar-refractivity contribution in [1.82, 2.24) is 5.32 Å². The number of anilines is 1. The van der Waals surface area contributed by atoms with Crippen LogP contribution in [0.25, 0.3) is 0 Å². The van der Waals surface area contributed by atoms with Gasteiger partial charge in [-0.25, -0.2) is 0 Å². The molecule has 1 saturated heterocycles. The Bertz CT molecular complexity index is 516. The summed E-state index contributed by atoms with van der Waals surface area (Å²) in [5.74, 6) is 0.0277. The van der Waals surface area contributed by atoms with Crippen molar-refractivity contribution < 1.29 is 4.79 Å². The fourth-order valence-electron chi connectivity index (χ4n) is 2.36. The van der Waals surface area contributed by atoms with Gasteiger partial charge in [-0.15, -0.1) is 0 Å². The van der Waals surface area contributed by atoms with Crippen molar-refractivity contribution in [2.75, 3.05) is 18.0 Å². The summed E-state index contributed by atoms with van der Waals surface area (Å²) < 4.78 is 0. The number of carbonyl (C=O) groups excluding carboxylic acids is 1. The van der Waals surface area contributed by atoms with Gasteiger partial charge in [0.05, 0.1) is 10.6 Å². The molecule has 1 aliphatic heterocycles. The lowest BCUT2D eigenvalue weighted by atomic mass is 10.0. The Morgan fingerprint density at radius 3 is 2.68 bits per heavy atom. The average molecular weight is 278 g/mol. The molecule has 5 heteroatoms. The van der Waals surface area contributed by atoms with Gasteiger partial charge in [-0.2, -0.15) is 5.26 Å². The second-order valence-corrected chi connectivity index (χ2v) is 5.14. The summed E-state index contributed by atoms with van der Waals surface area (Å²) in [4.78, 5) is 13.2. The van der Waals surface area contributed by atoms with Gasteiger partial charge in [-0.3, -0.25) is 4.79 Å². The van der Waals surface area contributed by atoms with Gasteiger partial charge in [-0.05, 0) is 31.0 Å². The van der Waals surface area contributed by atoms with Crippen molar-refractivity contribution >= 4 is 23.2 Å². The number of amides is 1. The number of hydrogen-bond acceptors (Lipinski definition) is 3. The van der Waals surface area contributed by atoms with Gasteiger partial charge in [0, 0.05) is 31.7 Å². The molecular weight excluding hydrogens is 262 g/mol. The topological polar surface area (TPSA) is 56.1 Å². The van der Waals surface area contributed by atoms with Crippen LogP contribution in [-0.4, -0.2) is 25.0 Å². The molecule has 0 aliphatic carbocycles. The van der Waals surface area contributed by atoms with Crippen LogP contribution in [0.15, 0.2) is 18.2 Å². The van der Waals surface area contributed by atoms with E-state index in [0.29, 0.717) is 10.6 Å². The Kier molecular flexibility index (Phi) is 4.28. The van der Waals surface area contributed by atoms with E-state index in [4.69, 9.17) is 16.9 Å². The van der Waals surface area contributed by atoms with Crippen molar-refractivity contribution in [2.24, 2.45) is 0 Å². The minimum absolute atomic E-state index is 0.0277. The van der Waals surface area contributed by atoms with Crippen LogP contribution < -0.4 is 10.2 Å². The maximum Gasteiger partial charge on any atom is 0.217 e. The molecule has 0 unspecified atom stereocenters. The molecule has 1 aromatic carbocycles. The van der Waals surface area contributed by atoms with E-state index in [1.807, 2.05) is 12.1 Å². The predicted molar refractivity (Wildman–Crippen MR) is 75.2 cm³/mol. The van der Waals surface area contributed by atoms with Crippen LogP contribution in [0.2, 0.25) is 5.02 Å². The summed E-state index contributed by atoms with van der Waals surface area (Å²) in [5, 5.41) is 12.3. The lowest BCUT2D eigenvalue weighted by Gasteiger charge is -2.33. The normalized spacial score (nSPS) is 15.9. The van der Waals surface area contributed by atoms with Gasteiger partial charge in [0.2, 0.25) is 5.91 Å². The van der Waals surface area contributed by atoms with Gasteiger partial charge in [0.15, 0.2) is 0 Å². The highest BCUT2D eigenvalue weighted by Crippen LogP contribution is 2.25. The number of piperidine rings is 1. The monoisotopic (exact) mass is 277 g/mol. The van der Waals surface area contributed by atoms with Crippen LogP contribution in [0.4, 0.5) is 5.69 Å². The summed E-state index contributed by atoms with van der Waals surface area (Å²) in [7, 11) is 0. The molecule has 2 rings (SSSR count). The first-order valence-electron chi connectivity index (χ1n) is 6.32. The minimum Gasteiger partial charge on any atom is -0.371 e. The number of nitrogens with one attached hydrogen (secondary N) is 1. The standard InChI is InChI=1S/C14H16ClN3O/c1-10(19)17-12-4-6-18(7-5-12)13-3-2-11(9-16)14(15)8-13/h2-3,8,12H,4-7H2,1H3,(H,17,19). The Morgan fingerprint density at radius 2 is 2.16 bits per heavy atom.